The van der Waals surface area contributed by atoms with Gasteiger partial charge in [0.25, 0.3) is 0 Å². The standard InChI is InChI=1S/C13H18ClNO2/c1-9(2)10-5-6-12(17-4)11(7-10)15(3)13(16)8-14/h5-7,9H,8H2,1-4H3. The molecule has 94 valence electrons. The number of carbonyl (C=O) groups excluding carboxylic acids is 1. The number of ether oxygens (including phenoxy) is 1. The van der Waals surface area contributed by atoms with Gasteiger partial charge in [0.15, 0.2) is 0 Å². The van der Waals surface area contributed by atoms with E-state index < -0.39 is 0 Å². The van der Waals surface area contributed by atoms with Crippen LogP contribution in [0.2, 0.25) is 0 Å². The predicted octanol–water partition coefficient (Wildman–Crippen LogP) is 3.02. The number of hydrogen-bond donors (Lipinski definition) is 0. The van der Waals surface area contributed by atoms with Crippen LogP contribution < -0.4 is 9.64 Å². The topological polar surface area (TPSA) is 29.5 Å². The lowest BCUT2D eigenvalue weighted by molar-refractivity contribution is -0.116. The summed E-state index contributed by atoms with van der Waals surface area (Å²) in [4.78, 5) is 13.1. The van der Waals surface area contributed by atoms with Gasteiger partial charge in [0.05, 0.1) is 12.8 Å². The highest BCUT2D eigenvalue weighted by Crippen LogP contribution is 2.31. The molecule has 0 bridgehead atoms. The number of methoxy groups -OCH3 is 1. The minimum Gasteiger partial charge on any atom is -0.495 e. The lowest BCUT2D eigenvalue weighted by atomic mass is 10.0. The van der Waals surface area contributed by atoms with Crippen molar-refractivity contribution in [3.05, 3.63) is 23.8 Å². The molecule has 0 unspecified atom stereocenters. The zero-order valence-corrected chi connectivity index (χ0v) is 11.4. The lowest BCUT2D eigenvalue weighted by Gasteiger charge is -2.20. The number of alkyl halides is 1. The first-order valence-corrected chi connectivity index (χ1v) is 6.05. The Hall–Kier alpha value is -1.22. The molecule has 0 radical (unpaired) electrons. The van der Waals surface area contributed by atoms with E-state index in [2.05, 4.69) is 13.8 Å². The SMILES string of the molecule is COc1ccc(C(C)C)cc1N(C)C(=O)CCl. The molecular weight excluding hydrogens is 238 g/mol. The number of halogens is 1. The van der Waals surface area contributed by atoms with Crippen molar-refractivity contribution in [2.24, 2.45) is 0 Å². The second kappa shape index (κ2) is 5.92. The third-order valence-corrected chi connectivity index (χ3v) is 2.95. The fourth-order valence-electron chi connectivity index (χ4n) is 1.55. The molecule has 1 amide bonds. The highest BCUT2D eigenvalue weighted by atomic mass is 35.5. The molecule has 0 atom stereocenters. The zero-order chi connectivity index (χ0) is 13.0. The van der Waals surface area contributed by atoms with Crippen LogP contribution in [-0.4, -0.2) is 25.9 Å². The number of amides is 1. The average Bonchev–Trinajstić information content (AvgIpc) is 2.35. The molecule has 0 N–H and O–H groups in total. The maximum atomic E-state index is 11.6. The van der Waals surface area contributed by atoms with Crippen LogP contribution in [0, 0.1) is 0 Å². The van der Waals surface area contributed by atoms with Crippen LogP contribution in [0.5, 0.6) is 5.75 Å². The Morgan fingerprint density at radius 2 is 2.12 bits per heavy atom. The average molecular weight is 256 g/mol. The van der Waals surface area contributed by atoms with Crippen molar-refractivity contribution in [3.8, 4) is 5.75 Å². The van der Waals surface area contributed by atoms with E-state index in [-0.39, 0.29) is 11.8 Å². The van der Waals surface area contributed by atoms with E-state index in [1.807, 2.05) is 18.2 Å². The van der Waals surface area contributed by atoms with Crippen molar-refractivity contribution >= 4 is 23.2 Å². The number of carbonyl (C=O) groups is 1. The van der Waals surface area contributed by atoms with Gasteiger partial charge < -0.3 is 9.64 Å². The maximum absolute atomic E-state index is 11.6. The molecular formula is C13H18ClNO2. The summed E-state index contributed by atoms with van der Waals surface area (Å²) in [7, 11) is 3.29. The van der Waals surface area contributed by atoms with Crippen molar-refractivity contribution in [3.63, 3.8) is 0 Å². The van der Waals surface area contributed by atoms with E-state index in [1.165, 1.54) is 4.90 Å². The van der Waals surface area contributed by atoms with Gasteiger partial charge >= 0.3 is 0 Å². The summed E-state index contributed by atoms with van der Waals surface area (Å²) in [6, 6.07) is 5.85. The lowest BCUT2D eigenvalue weighted by Crippen LogP contribution is -2.27. The van der Waals surface area contributed by atoms with Gasteiger partial charge in [0.1, 0.15) is 11.6 Å². The molecule has 3 nitrogen and oxygen atoms in total. The van der Waals surface area contributed by atoms with Crippen molar-refractivity contribution in [1.29, 1.82) is 0 Å². The molecule has 0 spiro atoms. The van der Waals surface area contributed by atoms with Crippen LogP contribution in [-0.2, 0) is 4.79 Å². The smallest absolute Gasteiger partial charge is 0.241 e. The minimum absolute atomic E-state index is 0.0362. The van der Waals surface area contributed by atoms with Gasteiger partial charge in [-0.15, -0.1) is 11.6 Å². The largest absolute Gasteiger partial charge is 0.495 e. The zero-order valence-electron chi connectivity index (χ0n) is 10.7. The van der Waals surface area contributed by atoms with Crippen molar-refractivity contribution in [1.82, 2.24) is 0 Å². The number of rotatable bonds is 4. The van der Waals surface area contributed by atoms with Crippen LogP contribution in [0.3, 0.4) is 0 Å². The van der Waals surface area contributed by atoms with Gasteiger partial charge in [-0.2, -0.15) is 0 Å². The van der Waals surface area contributed by atoms with Gasteiger partial charge in [0.2, 0.25) is 5.91 Å². The Morgan fingerprint density at radius 3 is 2.59 bits per heavy atom. The first-order chi connectivity index (χ1) is 8.01. The summed E-state index contributed by atoms with van der Waals surface area (Å²) in [5, 5.41) is 0. The molecule has 17 heavy (non-hydrogen) atoms. The second-order valence-electron chi connectivity index (χ2n) is 4.17. The Bertz CT molecular complexity index is 404. The molecule has 0 saturated heterocycles. The van der Waals surface area contributed by atoms with Gasteiger partial charge in [-0.1, -0.05) is 19.9 Å². The molecule has 0 aliphatic carbocycles. The predicted molar refractivity (Wildman–Crippen MR) is 71.2 cm³/mol. The summed E-state index contributed by atoms with van der Waals surface area (Å²) in [5.41, 5.74) is 1.92. The summed E-state index contributed by atoms with van der Waals surface area (Å²) in [5.74, 6) is 0.895. The monoisotopic (exact) mass is 255 g/mol. The summed E-state index contributed by atoms with van der Waals surface area (Å²) in [6.45, 7) is 4.21. The number of anilines is 1. The fourth-order valence-corrected chi connectivity index (χ4v) is 1.73. The minimum atomic E-state index is -0.147. The Kier molecular flexibility index (Phi) is 4.82. The molecule has 1 rings (SSSR count). The first-order valence-electron chi connectivity index (χ1n) is 5.51. The van der Waals surface area contributed by atoms with Gasteiger partial charge in [-0.3, -0.25) is 4.79 Å². The number of nitrogens with zero attached hydrogens (tertiary/aromatic N) is 1. The fraction of sp³-hybridized carbons (Fsp3) is 0.462. The highest BCUT2D eigenvalue weighted by molar-refractivity contribution is 6.29. The van der Waals surface area contributed by atoms with Crippen LogP contribution in [0.4, 0.5) is 5.69 Å². The van der Waals surface area contributed by atoms with Gasteiger partial charge in [-0.25, -0.2) is 0 Å². The Morgan fingerprint density at radius 1 is 1.47 bits per heavy atom. The molecule has 0 heterocycles. The van der Waals surface area contributed by atoms with Gasteiger partial charge in [-0.05, 0) is 23.6 Å². The van der Waals surface area contributed by atoms with Gasteiger partial charge in [0, 0.05) is 7.05 Å². The van der Waals surface area contributed by atoms with Crippen LogP contribution >= 0.6 is 11.6 Å². The molecule has 4 heteroatoms. The molecule has 0 aliphatic rings. The van der Waals surface area contributed by atoms with E-state index in [0.717, 1.165) is 11.3 Å². The molecule has 0 aliphatic heterocycles. The number of benzene rings is 1. The van der Waals surface area contributed by atoms with E-state index in [0.29, 0.717) is 11.7 Å². The van der Waals surface area contributed by atoms with Crippen LogP contribution in [0.25, 0.3) is 0 Å². The number of hydrogen-bond acceptors (Lipinski definition) is 2. The van der Waals surface area contributed by atoms with E-state index in [4.69, 9.17) is 16.3 Å². The van der Waals surface area contributed by atoms with Crippen molar-refractivity contribution in [2.45, 2.75) is 19.8 Å². The van der Waals surface area contributed by atoms with E-state index in [1.54, 1.807) is 14.2 Å². The molecule has 1 aromatic carbocycles. The van der Waals surface area contributed by atoms with Crippen molar-refractivity contribution in [2.75, 3.05) is 24.9 Å². The molecule has 0 saturated carbocycles. The normalized spacial score (nSPS) is 10.5. The van der Waals surface area contributed by atoms with E-state index in [9.17, 15) is 4.79 Å². The summed E-state index contributed by atoms with van der Waals surface area (Å²) < 4.78 is 5.26. The Labute approximate surface area is 107 Å². The third-order valence-electron chi connectivity index (χ3n) is 2.72. The Balaban J connectivity index is 3.18. The van der Waals surface area contributed by atoms with E-state index >= 15 is 0 Å². The summed E-state index contributed by atoms with van der Waals surface area (Å²) in [6.07, 6.45) is 0. The third kappa shape index (κ3) is 3.13. The maximum Gasteiger partial charge on any atom is 0.241 e. The summed E-state index contributed by atoms with van der Waals surface area (Å²) >= 11 is 5.56. The molecule has 1 aromatic rings. The molecule has 0 fully saturated rings. The second-order valence-corrected chi connectivity index (χ2v) is 4.44. The highest BCUT2D eigenvalue weighted by Gasteiger charge is 2.15. The van der Waals surface area contributed by atoms with Crippen LogP contribution in [0.15, 0.2) is 18.2 Å². The van der Waals surface area contributed by atoms with Crippen molar-refractivity contribution < 1.29 is 9.53 Å². The molecule has 0 aromatic heterocycles. The first kappa shape index (κ1) is 13.8. The van der Waals surface area contributed by atoms with Crippen LogP contribution in [0.1, 0.15) is 25.3 Å². The quantitative estimate of drug-likeness (QED) is 0.774.